The zero-order valence-corrected chi connectivity index (χ0v) is 14.5. The third-order valence-corrected chi connectivity index (χ3v) is 3.50. The normalized spacial score (nSPS) is 11.3. The largest absolute Gasteiger partial charge is 0.454 e. The lowest BCUT2D eigenvalue weighted by Gasteiger charge is -2.11. The zero-order valence-electron chi connectivity index (χ0n) is 13.7. The van der Waals surface area contributed by atoms with Crippen molar-refractivity contribution in [2.45, 2.75) is 26.3 Å². The summed E-state index contributed by atoms with van der Waals surface area (Å²) in [6, 6.07) is 3.47. The molecule has 0 saturated carbocycles. The molecule has 1 aromatic carbocycles. The maximum Gasteiger partial charge on any atom is 0.325 e. The quantitative estimate of drug-likeness (QED) is 0.404. The predicted molar refractivity (Wildman–Crippen MR) is 89.3 cm³/mol. The van der Waals surface area contributed by atoms with Crippen LogP contribution in [-0.2, 0) is 14.3 Å². The lowest BCUT2D eigenvalue weighted by atomic mass is 10.2. The first-order valence-electron chi connectivity index (χ1n) is 7.41. The van der Waals surface area contributed by atoms with Gasteiger partial charge in [-0.25, -0.2) is 0 Å². The average molecular weight is 372 g/mol. The fraction of sp³-hybridized carbons (Fsp3) is 0.400. The molecule has 10 heteroatoms. The number of nitrogens with zero attached hydrogens (tertiary/aromatic N) is 1. The van der Waals surface area contributed by atoms with Gasteiger partial charge in [0, 0.05) is 17.7 Å². The molecule has 0 spiro atoms. The van der Waals surface area contributed by atoms with Crippen LogP contribution in [0.2, 0.25) is 5.02 Å². The number of nitrogens with one attached hydrogen (secondary N) is 2. The van der Waals surface area contributed by atoms with Crippen LogP contribution in [-0.4, -0.2) is 41.9 Å². The lowest BCUT2D eigenvalue weighted by Crippen LogP contribution is -2.37. The maximum atomic E-state index is 11.9. The van der Waals surface area contributed by atoms with Gasteiger partial charge in [-0.2, -0.15) is 0 Å². The van der Waals surface area contributed by atoms with Crippen LogP contribution in [0.3, 0.4) is 0 Å². The number of carbonyl (C=O) groups is 3. The topological polar surface area (TPSA) is 128 Å². The lowest BCUT2D eigenvalue weighted by molar-refractivity contribution is -0.384. The van der Waals surface area contributed by atoms with Crippen LogP contribution in [0.5, 0.6) is 0 Å². The van der Waals surface area contributed by atoms with Crippen molar-refractivity contribution in [2.75, 3.05) is 13.2 Å². The summed E-state index contributed by atoms with van der Waals surface area (Å²) in [5.41, 5.74) is -0.447. The van der Waals surface area contributed by atoms with Crippen molar-refractivity contribution in [3.8, 4) is 0 Å². The number of esters is 1. The molecule has 9 nitrogen and oxygen atoms in total. The second-order valence-electron chi connectivity index (χ2n) is 5.14. The number of hydrogen-bond donors (Lipinski definition) is 2. The molecule has 136 valence electrons. The minimum absolute atomic E-state index is 0.0292. The highest BCUT2D eigenvalue weighted by molar-refractivity contribution is 6.32. The molecule has 1 rings (SSSR count). The molecule has 2 N–H and O–H groups in total. The van der Waals surface area contributed by atoms with Gasteiger partial charge in [0.1, 0.15) is 11.6 Å². The highest BCUT2D eigenvalue weighted by Gasteiger charge is 2.17. The summed E-state index contributed by atoms with van der Waals surface area (Å²) in [4.78, 5) is 44.9. The van der Waals surface area contributed by atoms with Crippen molar-refractivity contribution < 1.29 is 24.0 Å². The van der Waals surface area contributed by atoms with Crippen LogP contribution >= 0.6 is 11.6 Å². The predicted octanol–water partition coefficient (Wildman–Crippen LogP) is 1.44. The Hall–Kier alpha value is -2.68. The molecule has 1 aromatic rings. The SMILES string of the molecule is CC[C@@H](C)NC(=O)COC(=O)CNC(=O)c1ccc(Cl)c([N+](=O)[O-])c1. The van der Waals surface area contributed by atoms with Gasteiger partial charge in [0.05, 0.1) is 4.92 Å². The molecule has 1 atom stereocenters. The van der Waals surface area contributed by atoms with Crippen LogP contribution in [0.4, 0.5) is 5.69 Å². The molecule has 0 saturated heterocycles. The van der Waals surface area contributed by atoms with E-state index in [4.69, 9.17) is 16.3 Å². The zero-order chi connectivity index (χ0) is 19.0. The van der Waals surface area contributed by atoms with E-state index in [0.717, 1.165) is 12.5 Å². The van der Waals surface area contributed by atoms with E-state index in [9.17, 15) is 24.5 Å². The van der Waals surface area contributed by atoms with Crippen molar-refractivity contribution in [1.29, 1.82) is 0 Å². The molecule has 0 bridgehead atoms. The number of nitro groups is 1. The smallest absolute Gasteiger partial charge is 0.325 e. The van der Waals surface area contributed by atoms with Crippen LogP contribution in [0, 0.1) is 10.1 Å². The van der Waals surface area contributed by atoms with Gasteiger partial charge in [0.25, 0.3) is 17.5 Å². The molecule has 0 aliphatic heterocycles. The third-order valence-electron chi connectivity index (χ3n) is 3.18. The summed E-state index contributed by atoms with van der Waals surface area (Å²) in [6.45, 7) is 2.77. The van der Waals surface area contributed by atoms with E-state index in [-0.39, 0.29) is 16.6 Å². The van der Waals surface area contributed by atoms with Gasteiger partial charge in [-0.1, -0.05) is 18.5 Å². The molecule has 0 unspecified atom stereocenters. The van der Waals surface area contributed by atoms with Crippen molar-refractivity contribution in [3.05, 3.63) is 38.9 Å². The van der Waals surface area contributed by atoms with Crippen LogP contribution in [0.1, 0.15) is 30.6 Å². The van der Waals surface area contributed by atoms with Crippen molar-refractivity contribution in [1.82, 2.24) is 10.6 Å². The van der Waals surface area contributed by atoms with Crippen LogP contribution in [0.15, 0.2) is 18.2 Å². The molecule has 0 aliphatic carbocycles. The molecule has 0 fully saturated rings. The number of hydrogen-bond acceptors (Lipinski definition) is 6. The molecule has 0 radical (unpaired) electrons. The van der Waals surface area contributed by atoms with E-state index in [2.05, 4.69) is 10.6 Å². The third kappa shape index (κ3) is 6.76. The second kappa shape index (κ2) is 9.58. The van der Waals surface area contributed by atoms with Gasteiger partial charge in [0.2, 0.25) is 0 Å². The molecule has 2 amide bonds. The second-order valence-corrected chi connectivity index (χ2v) is 5.55. The van der Waals surface area contributed by atoms with E-state index in [1.165, 1.54) is 12.1 Å². The number of ether oxygens (including phenoxy) is 1. The number of halogens is 1. The first-order chi connectivity index (χ1) is 11.7. The Morgan fingerprint density at radius 3 is 2.64 bits per heavy atom. The summed E-state index contributed by atoms with van der Waals surface area (Å²) in [7, 11) is 0. The number of benzene rings is 1. The van der Waals surface area contributed by atoms with Crippen LogP contribution in [0.25, 0.3) is 0 Å². The van der Waals surface area contributed by atoms with Gasteiger partial charge in [-0.05, 0) is 25.5 Å². The Kier molecular flexibility index (Phi) is 7.80. The Labute approximate surface area is 148 Å². The van der Waals surface area contributed by atoms with Gasteiger partial charge >= 0.3 is 5.97 Å². The van der Waals surface area contributed by atoms with Gasteiger partial charge in [0.15, 0.2) is 6.61 Å². The average Bonchev–Trinajstić information content (AvgIpc) is 2.57. The minimum Gasteiger partial charge on any atom is -0.454 e. The number of rotatable bonds is 8. The Morgan fingerprint density at radius 2 is 2.04 bits per heavy atom. The first kappa shape index (κ1) is 20.4. The highest BCUT2D eigenvalue weighted by atomic mass is 35.5. The van der Waals surface area contributed by atoms with E-state index in [0.29, 0.717) is 0 Å². The van der Waals surface area contributed by atoms with E-state index >= 15 is 0 Å². The van der Waals surface area contributed by atoms with Crippen molar-refractivity contribution in [3.63, 3.8) is 0 Å². The molecule has 0 aliphatic rings. The van der Waals surface area contributed by atoms with Crippen LogP contribution < -0.4 is 10.6 Å². The Morgan fingerprint density at radius 1 is 1.36 bits per heavy atom. The van der Waals surface area contributed by atoms with Gasteiger partial charge < -0.3 is 15.4 Å². The summed E-state index contributed by atoms with van der Waals surface area (Å²) in [6.07, 6.45) is 0.739. The standard InChI is InChI=1S/C15H18ClN3O6/c1-3-9(2)18-13(20)8-25-14(21)7-17-15(22)10-4-5-11(16)12(6-10)19(23)24/h4-6,9H,3,7-8H2,1-2H3,(H,17,22)(H,18,20)/t9-/m1/s1. The highest BCUT2D eigenvalue weighted by Crippen LogP contribution is 2.24. The monoisotopic (exact) mass is 371 g/mol. The number of nitro benzene ring substituents is 1. The fourth-order valence-corrected chi connectivity index (χ4v) is 1.85. The number of amides is 2. The first-order valence-corrected chi connectivity index (χ1v) is 7.79. The molecule has 0 heterocycles. The molecular weight excluding hydrogens is 354 g/mol. The fourth-order valence-electron chi connectivity index (χ4n) is 1.66. The van der Waals surface area contributed by atoms with Gasteiger partial charge in [-0.3, -0.25) is 24.5 Å². The molecule has 0 aromatic heterocycles. The maximum absolute atomic E-state index is 11.9. The summed E-state index contributed by atoms with van der Waals surface area (Å²) in [5.74, 6) is -1.96. The molecule has 25 heavy (non-hydrogen) atoms. The van der Waals surface area contributed by atoms with Crippen molar-refractivity contribution >= 4 is 35.1 Å². The summed E-state index contributed by atoms with van der Waals surface area (Å²) >= 11 is 5.66. The minimum atomic E-state index is -0.809. The Bertz CT molecular complexity index is 679. The number of carbonyl (C=O) groups excluding carboxylic acids is 3. The molecular formula is C15H18ClN3O6. The van der Waals surface area contributed by atoms with Gasteiger partial charge in [-0.15, -0.1) is 0 Å². The van der Waals surface area contributed by atoms with E-state index in [1.54, 1.807) is 0 Å². The van der Waals surface area contributed by atoms with E-state index < -0.39 is 41.5 Å². The summed E-state index contributed by atoms with van der Waals surface area (Å²) < 4.78 is 4.72. The van der Waals surface area contributed by atoms with Crippen molar-refractivity contribution in [2.24, 2.45) is 0 Å². The Balaban J connectivity index is 2.48. The van der Waals surface area contributed by atoms with E-state index in [1.807, 2.05) is 13.8 Å². The summed E-state index contributed by atoms with van der Waals surface area (Å²) in [5, 5.41) is 15.6.